The van der Waals surface area contributed by atoms with Gasteiger partial charge in [0, 0.05) is 12.8 Å². The standard InChI is InChI=1S/C68H127N2O7P/c1-7-10-13-16-19-22-25-28-30-32-34-35-37-39-41-43-46-49-52-55-58-61-68(72)77-66(59-56-53-50-47-44-27-24-21-18-15-12-9-3)65(64-76-78(73,74)75-63-62-70(4,5)6)69-67(71)60-57-54-51-48-45-42-40-38-36-33-31-29-26-23-20-17-14-11-8-2/h20,23,28-31,36,38,56,59,65-66H,7-19,21-22,24-27,32-35,37,39-55,57-58,60-64H2,1-6H3,(H-,69,71,73,74)/b23-20-,30-28+,31-29-,38-36-,59-56+. The molecule has 0 fully saturated rings. The number of carbonyl (C=O) groups is 2. The Morgan fingerprint density at radius 2 is 0.782 bits per heavy atom. The van der Waals surface area contributed by atoms with Crippen LogP contribution in [0.25, 0.3) is 0 Å². The molecule has 0 aromatic rings. The molecule has 1 N–H and O–H groups in total. The molecule has 0 bridgehead atoms. The molecule has 3 unspecified atom stereocenters. The minimum Gasteiger partial charge on any atom is -0.756 e. The van der Waals surface area contributed by atoms with Gasteiger partial charge in [-0.2, -0.15) is 0 Å². The van der Waals surface area contributed by atoms with Crippen molar-refractivity contribution in [3.05, 3.63) is 60.8 Å². The molecule has 0 spiro atoms. The lowest BCUT2D eigenvalue weighted by Gasteiger charge is -2.30. The Labute approximate surface area is 483 Å². The molecule has 78 heavy (non-hydrogen) atoms. The van der Waals surface area contributed by atoms with E-state index in [4.69, 9.17) is 13.8 Å². The highest BCUT2D eigenvalue weighted by Crippen LogP contribution is 2.38. The van der Waals surface area contributed by atoms with Crippen LogP contribution in [0.4, 0.5) is 0 Å². The van der Waals surface area contributed by atoms with E-state index in [0.717, 1.165) is 96.3 Å². The first kappa shape index (κ1) is 75.7. The summed E-state index contributed by atoms with van der Waals surface area (Å²) in [6.45, 7) is 6.83. The fraction of sp³-hybridized carbons (Fsp3) is 0.824. The number of carbonyl (C=O) groups excluding carboxylic acids is 2. The van der Waals surface area contributed by atoms with Crippen LogP contribution in [-0.4, -0.2) is 69.4 Å². The van der Waals surface area contributed by atoms with Crippen LogP contribution in [0.1, 0.15) is 310 Å². The van der Waals surface area contributed by atoms with Gasteiger partial charge in [0.25, 0.3) is 7.82 Å². The van der Waals surface area contributed by atoms with Crippen molar-refractivity contribution in [1.82, 2.24) is 5.32 Å². The number of nitrogens with one attached hydrogen (secondary N) is 1. The molecule has 0 aliphatic rings. The molecule has 3 atom stereocenters. The maximum absolute atomic E-state index is 13.6. The number of nitrogens with zero attached hydrogens (tertiary/aromatic N) is 1. The van der Waals surface area contributed by atoms with E-state index >= 15 is 0 Å². The number of amides is 1. The summed E-state index contributed by atoms with van der Waals surface area (Å²) in [4.78, 5) is 40.1. The third kappa shape index (κ3) is 58.4. The number of quaternary nitrogens is 1. The second-order valence-corrected chi connectivity index (χ2v) is 25.0. The first-order chi connectivity index (χ1) is 37.9. The Balaban J connectivity index is 5.19. The minimum atomic E-state index is -4.70. The Morgan fingerprint density at radius 3 is 1.21 bits per heavy atom. The van der Waals surface area contributed by atoms with Crippen molar-refractivity contribution < 1.29 is 37.3 Å². The van der Waals surface area contributed by atoms with Crippen molar-refractivity contribution in [2.24, 2.45) is 0 Å². The predicted molar refractivity (Wildman–Crippen MR) is 335 cm³/mol. The maximum atomic E-state index is 13.6. The number of hydrogen-bond acceptors (Lipinski definition) is 7. The normalized spacial score (nSPS) is 14.0. The van der Waals surface area contributed by atoms with Crippen molar-refractivity contribution >= 4 is 19.7 Å². The lowest BCUT2D eigenvalue weighted by Crippen LogP contribution is -2.47. The van der Waals surface area contributed by atoms with Crippen LogP contribution in [0.15, 0.2) is 60.8 Å². The highest BCUT2D eigenvalue weighted by Gasteiger charge is 2.27. The second-order valence-electron chi connectivity index (χ2n) is 23.6. The van der Waals surface area contributed by atoms with E-state index in [9.17, 15) is 19.0 Å². The fourth-order valence-electron chi connectivity index (χ4n) is 9.52. The average Bonchev–Trinajstić information content (AvgIpc) is 3.40. The predicted octanol–water partition coefficient (Wildman–Crippen LogP) is 20.0. The average molecular weight is 1120 g/mol. The molecule has 1 amide bonds. The number of likely N-dealkylation sites (N-methyl/N-ethyl adjacent to an activating group) is 1. The smallest absolute Gasteiger partial charge is 0.306 e. The molecule has 0 saturated carbocycles. The number of hydrogen-bond donors (Lipinski definition) is 1. The number of esters is 1. The molecule has 9 nitrogen and oxygen atoms in total. The summed E-state index contributed by atoms with van der Waals surface area (Å²) >= 11 is 0. The zero-order chi connectivity index (χ0) is 57.2. The molecule has 0 radical (unpaired) electrons. The molecular formula is C68H127N2O7P. The summed E-state index contributed by atoms with van der Waals surface area (Å²) in [6.07, 6.45) is 73.3. The zero-order valence-electron chi connectivity index (χ0n) is 52.1. The van der Waals surface area contributed by atoms with Crippen LogP contribution in [0.5, 0.6) is 0 Å². The SMILES string of the molecule is CCCCC/C=C\C/C=C\C/C=C\CCCCCCCCC(=O)NC(COP(=O)([O-])OCC[N+](C)(C)C)C(/C=C/CCCCCCCCCCCC)OC(=O)CCCCCCCCCCCCC/C=C/CCCCCCCC. The summed E-state index contributed by atoms with van der Waals surface area (Å²) in [5.74, 6) is -0.548. The number of rotatable bonds is 60. The van der Waals surface area contributed by atoms with E-state index in [1.54, 1.807) is 0 Å². The molecule has 0 aromatic carbocycles. The molecule has 10 heteroatoms. The minimum absolute atomic E-state index is 0.0258. The Morgan fingerprint density at radius 1 is 0.449 bits per heavy atom. The monoisotopic (exact) mass is 1110 g/mol. The van der Waals surface area contributed by atoms with Crippen LogP contribution in [-0.2, 0) is 27.9 Å². The van der Waals surface area contributed by atoms with E-state index in [1.807, 2.05) is 33.3 Å². The van der Waals surface area contributed by atoms with E-state index in [1.165, 1.54) is 180 Å². The third-order valence-electron chi connectivity index (χ3n) is 14.7. The van der Waals surface area contributed by atoms with Crippen molar-refractivity contribution in [2.75, 3.05) is 40.9 Å². The van der Waals surface area contributed by atoms with Crippen LogP contribution >= 0.6 is 7.82 Å². The Bertz CT molecular complexity index is 1520. The number of phosphoric acid groups is 1. The highest BCUT2D eigenvalue weighted by atomic mass is 31.2. The fourth-order valence-corrected chi connectivity index (χ4v) is 10.2. The van der Waals surface area contributed by atoms with Crippen molar-refractivity contribution in [2.45, 2.75) is 322 Å². The molecule has 456 valence electrons. The Kier molecular flexibility index (Phi) is 56.2. The lowest BCUT2D eigenvalue weighted by molar-refractivity contribution is -0.870. The van der Waals surface area contributed by atoms with Gasteiger partial charge in [-0.05, 0) is 96.0 Å². The van der Waals surface area contributed by atoms with Crippen molar-refractivity contribution in [1.29, 1.82) is 0 Å². The number of ether oxygens (including phenoxy) is 1. The summed E-state index contributed by atoms with van der Waals surface area (Å²) in [5, 5.41) is 3.03. The van der Waals surface area contributed by atoms with Gasteiger partial charge < -0.3 is 28.5 Å². The second kappa shape index (κ2) is 57.9. The quantitative estimate of drug-likeness (QED) is 0.0212. The highest BCUT2D eigenvalue weighted by molar-refractivity contribution is 7.45. The van der Waals surface area contributed by atoms with Gasteiger partial charge >= 0.3 is 5.97 Å². The van der Waals surface area contributed by atoms with Gasteiger partial charge in [-0.25, -0.2) is 0 Å². The largest absolute Gasteiger partial charge is 0.756 e. The van der Waals surface area contributed by atoms with E-state index in [0.29, 0.717) is 17.4 Å². The van der Waals surface area contributed by atoms with Crippen LogP contribution in [0.2, 0.25) is 0 Å². The van der Waals surface area contributed by atoms with E-state index in [-0.39, 0.29) is 24.9 Å². The van der Waals surface area contributed by atoms with Crippen molar-refractivity contribution in [3.8, 4) is 0 Å². The maximum Gasteiger partial charge on any atom is 0.306 e. The van der Waals surface area contributed by atoms with Crippen molar-refractivity contribution in [3.63, 3.8) is 0 Å². The molecule has 0 heterocycles. The van der Waals surface area contributed by atoms with Crippen LogP contribution in [0, 0.1) is 0 Å². The van der Waals surface area contributed by atoms with Gasteiger partial charge in [0.15, 0.2) is 0 Å². The molecule has 0 rings (SSSR count). The van der Waals surface area contributed by atoms with Gasteiger partial charge in [-0.15, -0.1) is 0 Å². The van der Waals surface area contributed by atoms with Crippen LogP contribution < -0.4 is 10.2 Å². The first-order valence-corrected chi connectivity index (χ1v) is 34.6. The summed E-state index contributed by atoms with van der Waals surface area (Å²) in [6, 6.07) is -0.896. The molecule has 0 saturated heterocycles. The molecule has 0 aliphatic heterocycles. The third-order valence-corrected chi connectivity index (χ3v) is 15.6. The van der Waals surface area contributed by atoms with Gasteiger partial charge in [0.1, 0.15) is 19.3 Å². The molecule has 0 aliphatic carbocycles. The van der Waals surface area contributed by atoms with Gasteiger partial charge in [0.2, 0.25) is 5.91 Å². The first-order valence-electron chi connectivity index (χ1n) is 33.1. The lowest BCUT2D eigenvalue weighted by atomic mass is 10.0. The molecule has 0 aromatic heterocycles. The van der Waals surface area contributed by atoms with Crippen LogP contribution in [0.3, 0.4) is 0 Å². The topological polar surface area (TPSA) is 114 Å². The number of unbranched alkanes of at least 4 members (excludes halogenated alkanes) is 36. The van der Waals surface area contributed by atoms with Gasteiger partial charge in [0.05, 0.1) is 33.8 Å². The zero-order valence-corrected chi connectivity index (χ0v) is 53.0. The van der Waals surface area contributed by atoms with E-state index in [2.05, 4.69) is 74.7 Å². The number of allylic oxidation sites excluding steroid dienone is 9. The summed E-state index contributed by atoms with van der Waals surface area (Å²) in [7, 11) is 1.18. The Hall–Kier alpha value is -2.29. The summed E-state index contributed by atoms with van der Waals surface area (Å²) < 4.78 is 30.4. The summed E-state index contributed by atoms with van der Waals surface area (Å²) in [5.41, 5.74) is 0. The van der Waals surface area contributed by atoms with E-state index < -0.39 is 26.6 Å². The molecular weight excluding hydrogens is 988 g/mol. The van der Waals surface area contributed by atoms with Gasteiger partial charge in [-0.3, -0.25) is 14.2 Å². The number of phosphoric ester groups is 1. The van der Waals surface area contributed by atoms with Gasteiger partial charge in [-0.1, -0.05) is 262 Å².